The lowest BCUT2D eigenvalue weighted by Crippen LogP contribution is -2.55. The molecule has 2 heterocycles. The number of benzene rings is 2. The van der Waals surface area contributed by atoms with Crippen LogP contribution < -0.4 is 0 Å². The fourth-order valence-corrected chi connectivity index (χ4v) is 4.06. The highest BCUT2D eigenvalue weighted by molar-refractivity contribution is 6.36. The monoisotopic (exact) mass is 458 g/mol. The van der Waals surface area contributed by atoms with Gasteiger partial charge in [-0.1, -0.05) is 46.6 Å². The molecule has 0 bridgehead atoms. The highest BCUT2D eigenvalue weighted by Gasteiger charge is 2.31. The molecule has 0 radical (unpaired) electrons. The van der Waals surface area contributed by atoms with Gasteiger partial charge in [0.1, 0.15) is 0 Å². The standard InChI is InChI=1S/C22H20Cl2N4O3/c1-14-13-27(9-10-28(14)22(30)17-8-7-16(23)11-18(17)24)20(29)12-19-25-21(31-26-19)15-5-3-2-4-6-15/h2-8,11,14H,9-10,12-13H2,1H3. The average Bonchev–Trinajstić information content (AvgIpc) is 3.22. The second-order valence-electron chi connectivity index (χ2n) is 7.37. The Bertz CT molecular complexity index is 1100. The number of halogens is 2. The Morgan fingerprint density at radius 1 is 1.13 bits per heavy atom. The zero-order valence-corrected chi connectivity index (χ0v) is 18.3. The van der Waals surface area contributed by atoms with Gasteiger partial charge < -0.3 is 14.3 Å². The van der Waals surface area contributed by atoms with Gasteiger partial charge in [0.2, 0.25) is 5.91 Å². The van der Waals surface area contributed by atoms with Crippen molar-refractivity contribution in [3.63, 3.8) is 0 Å². The van der Waals surface area contributed by atoms with Crippen molar-refractivity contribution in [3.05, 3.63) is 70.0 Å². The van der Waals surface area contributed by atoms with Crippen molar-refractivity contribution in [1.29, 1.82) is 0 Å². The zero-order chi connectivity index (χ0) is 22.0. The Morgan fingerprint density at radius 2 is 1.90 bits per heavy atom. The molecule has 160 valence electrons. The van der Waals surface area contributed by atoms with Crippen LogP contribution >= 0.6 is 23.2 Å². The van der Waals surface area contributed by atoms with Gasteiger partial charge in [-0.2, -0.15) is 4.98 Å². The minimum Gasteiger partial charge on any atom is -0.338 e. The molecule has 2 aromatic carbocycles. The van der Waals surface area contributed by atoms with Gasteiger partial charge in [0.15, 0.2) is 5.82 Å². The lowest BCUT2D eigenvalue weighted by molar-refractivity contribution is -0.133. The third-order valence-corrected chi connectivity index (χ3v) is 5.75. The number of rotatable bonds is 4. The number of piperazine rings is 1. The molecule has 1 unspecified atom stereocenters. The lowest BCUT2D eigenvalue weighted by Gasteiger charge is -2.40. The van der Waals surface area contributed by atoms with Crippen LogP contribution in [-0.4, -0.2) is 57.4 Å². The largest absolute Gasteiger partial charge is 0.338 e. The third-order valence-electron chi connectivity index (χ3n) is 5.20. The lowest BCUT2D eigenvalue weighted by atomic mass is 10.1. The van der Waals surface area contributed by atoms with Gasteiger partial charge in [0.25, 0.3) is 11.8 Å². The summed E-state index contributed by atoms with van der Waals surface area (Å²) in [6.45, 7) is 3.15. The van der Waals surface area contributed by atoms with Crippen LogP contribution in [0.25, 0.3) is 11.5 Å². The summed E-state index contributed by atoms with van der Waals surface area (Å²) < 4.78 is 5.27. The van der Waals surface area contributed by atoms with E-state index in [0.29, 0.717) is 47.0 Å². The second kappa shape index (κ2) is 9.08. The summed E-state index contributed by atoms with van der Waals surface area (Å²) >= 11 is 12.1. The maximum atomic E-state index is 12.9. The summed E-state index contributed by atoms with van der Waals surface area (Å²) in [6.07, 6.45) is 0.0417. The summed E-state index contributed by atoms with van der Waals surface area (Å²) in [5, 5.41) is 4.71. The predicted molar refractivity (Wildman–Crippen MR) is 117 cm³/mol. The van der Waals surface area contributed by atoms with E-state index in [1.807, 2.05) is 37.3 Å². The van der Waals surface area contributed by atoms with Gasteiger partial charge >= 0.3 is 0 Å². The predicted octanol–water partition coefficient (Wildman–Crippen LogP) is 3.96. The molecule has 0 spiro atoms. The summed E-state index contributed by atoms with van der Waals surface area (Å²) in [6, 6.07) is 14.0. The molecule has 1 atom stereocenters. The summed E-state index contributed by atoms with van der Waals surface area (Å²) in [5.74, 6) is 0.436. The van der Waals surface area contributed by atoms with E-state index < -0.39 is 0 Å². The van der Waals surface area contributed by atoms with Crippen LogP contribution in [0.2, 0.25) is 10.0 Å². The van der Waals surface area contributed by atoms with E-state index in [-0.39, 0.29) is 24.3 Å². The van der Waals surface area contributed by atoms with E-state index in [0.717, 1.165) is 5.56 Å². The smallest absolute Gasteiger partial charge is 0.257 e. The van der Waals surface area contributed by atoms with E-state index in [9.17, 15) is 9.59 Å². The fraction of sp³-hybridized carbons (Fsp3) is 0.273. The van der Waals surface area contributed by atoms with Gasteiger partial charge in [-0.05, 0) is 37.3 Å². The molecule has 0 saturated carbocycles. The van der Waals surface area contributed by atoms with Crippen molar-refractivity contribution in [3.8, 4) is 11.5 Å². The Hall–Kier alpha value is -2.90. The van der Waals surface area contributed by atoms with Gasteiger partial charge in [0.05, 0.1) is 17.0 Å². The van der Waals surface area contributed by atoms with Crippen molar-refractivity contribution >= 4 is 35.0 Å². The minimum atomic E-state index is -0.174. The van der Waals surface area contributed by atoms with Gasteiger partial charge in [-0.15, -0.1) is 0 Å². The van der Waals surface area contributed by atoms with Crippen LogP contribution in [0.1, 0.15) is 23.1 Å². The molecule has 1 aromatic heterocycles. The molecular formula is C22H20Cl2N4O3. The highest BCUT2D eigenvalue weighted by atomic mass is 35.5. The maximum absolute atomic E-state index is 12.9. The van der Waals surface area contributed by atoms with Crippen LogP contribution in [0, 0.1) is 0 Å². The van der Waals surface area contributed by atoms with Crippen LogP contribution in [0.3, 0.4) is 0 Å². The Kier molecular flexibility index (Phi) is 6.25. The normalized spacial score (nSPS) is 16.4. The number of hydrogen-bond acceptors (Lipinski definition) is 5. The molecule has 0 N–H and O–H groups in total. The zero-order valence-electron chi connectivity index (χ0n) is 16.8. The van der Waals surface area contributed by atoms with Crippen LogP contribution in [0.15, 0.2) is 53.1 Å². The molecule has 2 amide bonds. The number of hydrogen-bond donors (Lipinski definition) is 0. The molecule has 0 aliphatic carbocycles. The van der Waals surface area contributed by atoms with Crippen LogP contribution in [0.4, 0.5) is 0 Å². The highest BCUT2D eigenvalue weighted by Crippen LogP contribution is 2.24. The van der Waals surface area contributed by atoms with Gasteiger partial charge in [0, 0.05) is 36.3 Å². The molecule has 3 aromatic rings. The van der Waals surface area contributed by atoms with Crippen molar-refractivity contribution in [1.82, 2.24) is 19.9 Å². The summed E-state index contributed by atoms with van der Waals surface area (Å²) in [5.41, 5.74) is 1.20. The molecule has 1 fully saturated rings. The first kappa shape index (κ1) is 21.3. The molecule has 7 nitrogen and oxygen atoms in total. The van der Waals surface area contributed by atoms with Gasteiger partial charge in [-0.3, -0.25) is 9.59 Å². The maximum Gasteiger partial charge on any atom is 0.257 e. The molecule has 1 saturated heterocycles. The summed E-state index contributed by atoms with van der Waals surface area (Å²) in [7, 11) is 0. The number of aromatic nitrogens is 2. The van der Waals surface area contributed by atoms with Crippen molar-refractivity contribution < 1.29 is 14.1 Å². The number of amides is 2. The van der Waals surface area contributed by atoms with Crippen molar-refractivity contribution in [2.75, 3.05) is 19.6 Å². The van der Waals surface area contributed by atoms with Gasteiger partial charge in [-0.25, -0.2) is 0 Å². The average molecular weight is 459 g/mol. The van der Waals surface area contributed by atoms with Crippen molar-refractivity contribution in [2.24, 2.45) is 0 Å². The van der Waals surface area contributed by atoms with E-state index >= 15 is 0 Å². The second-order valence-corrected chi connectivity index (χ2v) is 8.21. The minimum absolute atomic E-state index is 0.0417. The molecule has 9 heteroatoms. The first-order valence-electron chi connectivity index (χ1n) is 9.84. The SMILES string of the molecule is CC1CN(C(=O)Cc2noc(-c3ccccc3)n2)CCN1C(=O)c1ccc(Cl)cc1Cl. The van der Waals surface area contributed by atoms with Crippen molar-refractivity contribution in [2.45, 2.75) is 19.4 Å². The van der Waals surface area contributed by atoms with E-state index in [2.05, 4.69) is 10.1 Å². The van der Waals surface area contributed by atoms with Crippen LogP contribution in [0.5, 0.6) is 0 Å². The Balaban J connectivity index is 1.38. The molecular weight excluding hydrogens is 439 g/mol. The number of carbonyl (C=O) groups excluding carboxylic acids is 2. The molecule has 4 rings (SSSR count). The molecule has 1 aliphatic heterocycles. The third kappa shape index (κ3) is 4.73. The van der Waals surface area contributed by atoms with Crippen LogP contribution in [-0.2, 0) is 11.2 Å². The van der Waals surface area contributed by atoms with E-state index in [1.54, 1.807) is 28.0 Å². The first-order chi connectivity index (χ1) is 14.9. The Labute approximate surface area is 189 Å². The topological polar surface area (TPSA) is 79.5 Å². The summed E-state index contributed by atoms with van der Waals surface area (Å²) in [4.78, 5) is 33.4. The molecule has 31 heavy (non-hydrogen) atoms. The fourth-order valence-electron chi connectivity index (χ4n) is 3.57. The Morgan fingerprint density at radius 3 is 2.61 bits per heavy atom. The van der Waals surface area contributed by atoms with E-state index in [1.165, 1.54) is 0 Å². The quantitative estimate of drug-likeness (QED) is 0.590. The molecule has 1 aliphatic rings. The van der Waals surface area contributed by atoms with E-state index in [4.69, 9.17) is 27.7 Å². The first-order valence-corrected chi connectivity index (χ1v) is 10.6. The number of nitrogens with zero attached hydrogens (tertiary/aromatic N) is 4. The number of carbonyl (C=O) groups is 2.